The maximum absolute atomic E-state index is 13.0. The van der Waals surface area contributed by atoms with Gasteiger partial charge in [-0.3, -0.25) is 4.98 Å². The molecule has 0 aliphatic carbocycles. The van der Waals surface area contributed by atoms with Crippen LogP contribution in [0.15, 0.2) is 70.8 Å². The summed E-state index contributed by atoms with van der Waals surface area (Å²) in [7, 11) is -7.13. The van der Waals surface area contributed by atoms with Gasteiger partial charge in [-0.15, -0.1) is 0 Å². The third kappa shape index (κ3) is 3.42. The van der Waals surface area contributed by atoms with Gasteiger partial charge in [-0.05, 0) is 47.9 Å². The molecule has 3 rings (SSSR count). The second kappa shape index (κ2) is 6.69. The van der Waals surface area contributed by atoms with Gasteiger partial charge in [0.25, 0.3) is 10.0 Å². The van der Waals surface area contributed by atoms with E-state index in [1.807, 2.05) is 6.92 Å². The van der Waals surface area contributed by atoms with E-state index >= 15 is 0 Å². The minimum Gasteiger partial charge on any atom is -0.263 e. The molecule has 2 heterocycles. The molecule has 0 radical (unpaired) electrons. The smallest absolute Gasteiger partial charge is 0.263 e. The zero-order valence-corrected chi connectivity index (χ0v) is 16.0. The fraction of sp³-hybridized carbons (Fsp3) is 0.167. The van der Waals surface area contributed by atoms with E-state index in [2.05, 4.69) is 4.98 Å². The molecule has 0 atom stereocenters. The van der Waals surface area contributed by atoms with Crippen molar-refractivity contribution in [2.24, 2.45) is 0 Å². The number of nitrogens with zero attached hydrogens (tertiary/aromatic N) is 2. The van der Waals surface area contributed by atoms with Gasteiger partial charge >= 0.3 is 0 Å². The topological polar surface area (TPSA) is 86.1 Å². The van der Waals surface area contributed by atoms with Crippen LogP contribution in [0.2, 0.25) is 0 Å². The average Bonchev–Trinajstić information content (AvgIpc) is 3.07. The van der Waals surface area contributed by atoms with Crippen LogP contribution in [0.5, 0.6) is 0 Å². The lowest BCUT2D eigenvalue weighted by Gasteiger charge is -2.10. The van der Waals surface area contributed by atoms with Crippen LogP contribution in [0.1, 0.15) is 12.5 Å². The van der Waals surface area contributed by atoms with Gasteiger partial charge in [-0.2, -0.15) is 0 Å². The van der Waals surface area contributed by atoms with E-state index in [0.717, 1.165) is 11.8 Å². The van der Waals surface area contributed by atoms with Crippen LogP contribution >= 0.6 is 0 Å². The highest BCUT2D eigenvalue weighted by atomic mass is 32.2. The van der Waals surface area contributed by atoms with Crippen molar-refractivity contribution in [3.63, 3.8) is 0 Å². The molecule has 26 heavy (non-hydrogen) atoms. The Labute approximate surface area is 153 Å². The summed E-state index contributed by atoms with van der Waals surface area (Å²) in [6.07, 6.45) is 6.20. The minimum absolute atomic E-state index is 0.0901. The van der Waals surface area contributed by atoms with Gasteiger partial charge in [0.1, 0.15) is 4.90 Å². The summed E-state index contributed by atoms with van der Waals surface area (Å²) in [5.41, 5.74) is 1.95. The van der Waals surface area contributed by atoms with Crippen LogP contribution in [0.4, 0.5) is 0 Å². The van der Waals surface area contributed by atoms with E-state index in [1.165, 1.54) is 34.6 Å². The molecule has 0 aliphatic rings. The molecule has 0 N–H and O–H groups in total. The molecule has 8 heteroatoms. The zero-order valence-electron chi connectivity index (χ0n) is 14.3. The second-order valence-corrected chi connectivity index (χ2v) is 9.70. The largest absolute Gasteiger partial charge is 0.269 e. The van der Waals surface area contributed by atoms with Crippen molar-refractivity contribution in [1.29, 1.82) is 0 Å². The molecule has 136 valence electrons. The van der Waals surface area contributed by atoms with Gasteiger partial charge in [0.05, 0.1) is 10.6 Å². The molecule has 0 amide bonds. The first-order chi connectivity index (χ1) is 12.2. The van der Waals surface area contributed by atoms with Crippen LogP contribution in [-0.4, -0.2) is 32.0 Å². The zero-order chi connectivity index (χ0) is 18.9. The van der Waals surface area contributed by atoms with E-state index < -0.39 is 19.9 Å². The Morgan fingerprint density at radius 1 is 1.00 bits per heavy atom. The van der Waals surface area contributed by atoms with Gasteiger partial charge in [0.15, 0.2) is 9.84 Å². The number of rotatable bonds is 5. The molecule has 2 aromatic heterocycles. The molecule has 1 aromatic carbocycles. The van der Waals surface area contributed by atoms with Crippen molar-refractivity contribution in [3.8, 4) is 11.3 Å². The van der Waals surface area contributed by atoms with Crippen LogP contribution in [0.3, 0.4) is 0 Å². The Balaban J connectivity index is 2.16. The van der Waals surface area contributed by atoms with E-state index in [9.17, 15) is 16.8 Å². The number of hydrogen-bond donors (Lipinski definition) is 0. The fourth-order valence-electron chi connectivity index (χ4n) is 2.59. The maximum Gasteiger partial charge on any atom is 0.269 e. The Morgan fingerprint density at radius 3 is 2.23 bits per heavy atom. The summed E-state index contributed by atoms with van der Waals surface area (Å²) < 4.78 is 50.5. The van der Waals surface area contributed by atoms with Crippen LogP contribution in [-0.2, 0) is 26.3 Å². The molecule has 0 spiro atoms. The van der Waals surface area contributed by atoms with E-state index in [-0.39, 0.29) is 9.79 Å². The summed E-state index contributed by atoms with van der Waals surface area (Å²) in [5, 5.41) is 0. The Hall–Kier alpha value is -2.45. The highest BCUT2D eigenvalue weighted by Gasteiger charge is 2.22. The second-order valence-electron chi connectivity index (χ2n) is 5.87. The van der Waals surface area contributed by atoms with Crippen molar-refractivity contribution in [1.82, 2.24) is 8.96 Å². The summed E-state index contributed by atoms with van der Waals surface area (Å²) in [5.74, 6) is 0. The first kappa shape index (κ1) is 18.3. The minimum atomic E-state index is -3.81. The molecule has 3 aromatic rings. The lowest BCUT2D eigenvalue weighted by Crippen LogP contribution is -2.13. The molecule has 0 fully saturated rings. The maximum atomic E-state index is 13.0. The molecule has 0 aliphatic heterocycles. The van der Waals surface area contributed by atoms with Gasteiger partial charge in [-0.1, -0.05) is 19.1 Å². The third-order valence-electron chi connectivity index (χ3n) is 4.02. The number of aryl methyl sites for hydroxylation is 1. The molecular weight excluding hydrogens is 372 g/mol. The van der Waals surface area contributed by atoms with Crippen molar-refractivity contribution >= 4 is 19.9 Å². The third-order valence-corrected chi connectivity index (χ3v) is 6.81. The number of pyridine rings is 1. The molecule has 0 saturated heterocycles. The first-order valence-corrected chi connectivity index (χ1v) is 11.2. The van der Waals surface area contributed by atoms with Gasteiger partial charge in [0, 0.05) is 24.8 Å². The fourth-order valence-corrected chi connectivity index (χ4v) is 4.58. The SMILES string of the molecule is CCc1cc(-c2ccc(S(C)(=O)=O)cc2)n(S(=O)(=O)c2cccnc2)c1. The Bertz CT molecular complexity index is 1130. The van der Waals surface area contributed by atoms with Crippen molar-refractivity contribution in [3.05, 3.63) is 66.6 Å². The van der Waals surface area contributed by atoms with Crippen molar-refractivity contribution < 1.29 is 16.8 Å². The molecule has 6 nitrogen and oxygen atoms in total. The lowest BCUT2D eigenvalue weighted by molar-refractivity contribution is 0.587. The standard InChI is InChI=1S/C18H18N2O4S2/c1-3-14-11-18(15-6-8-16(9-7-15)25(2,21)22)20(13-14)26(23,24)17-5-4-10-19-12-17/h4-13H,3H2,1-2H3. The molecule has 0 unspecified atom stereocenters. The average molecular weight is 390 g/mol. The number of sulfone groups is 1. The van der Waals surface area contributed by atoms with Gasteiger partial charge in [-0.25, -0.2) is 20.8 Å². The van der Waals surface area contributed by atoms with Crippen molar-refractivity contribution in [2.75, 3.05) is 6.26 Å². The highest BCUT2D eigenvalue weighted by molar-refractivity contribution is 7.90. The van der Waals surface area contributed by atoms with Gasteiger partial charge < -0.3 is 0 Å². The lowest BCUT2D eigenvalue weighted by atomic mass is 10.1. The van der Waals surface area contributed by atoms with Crippen LogP contribution < -0.4 is 0 Å². The van der Waals surface area contributed by atoms with Crippen LogP contribution in [0.25, 0.3) is 11.3 Å². The van der Waals surface area contributed by atoms with Crippen LogP contribution in [0, 0.1) is 0 Å². The molecular formula is C18H18N2O4S2. The first-order valence-electron chi connectivity index (χ1n) is 7.91. The Morgan fingerprint density at radius 2 is 1.69 bits per heavy atom. The quantitative estimate of drug-likeness (QED) is 0.669. The van der Waals surface area contributed by atoms with E-state index in [1.54, 1.807) is 30.5 Å². The number of aromatic nitrogens is 2. The Kier molecular flexibility index (Phi) is 4.72. The summed E-state index contributed by atoms with van der Waals surface area (Å²) in [4.78, 5) is 4.16. The predicted molar refractivity (Wildman–Crippen MR) is 99.2 cm³/mol. The molecule has 0 bridgehead atoms. The number of hydrogen-bond acceptors (Lipinski definition) is 5. The summed E-state index contributed by atoms with van der Waals surface area (Å²) in [6, 6.07) is 11.0. The van der Waals surface area contributed by atoms with E-state index in [4.69, 9.17) is 0 Å². The van der Waals surface area contributed by atoms with Gasteiger partial charge in [0.2, 0.25) is 0 Å². The highest BCUT2D eigenvalue weighted by Crippen LogP contribution is 2.28. The predicted octanol–water partition coefficient (Wildman–Crippen LogP) is 2.75. The monoisotopic (exact) mass is 390 g/mol. The summed E-state index contributed by atoms with van der Waals surface area (Å²) >= 11 is 0. The molecule has 0 saturated carbocycles. The summed E-state index contributed by atoms with van der Waals surface area (Å²) in [6.45, 7) is 1.94. The van der Waals surface area contributed by atoms with E-state index in [0.29, 0.717) is 17.7 Å². The van der Waals surface area contributed by atoms with Crippen molar-refractivity contribution in [2.45, 2.75) is 23.1 Å². The number of benzene rings is 1. The normalized spacial score (nSPS) is 12.2.